The third kappa shape index (κ3) is 1.45. The van der Waals surface area contributed by atoms with Crippen molar-refractivity contribution in [2.24, 2.45) is 0 Å². The highest BCUT2D eigenvalue weighted by molar-refractivity contribution is 7.25. The van der Waals surface area contributed by atoms with Gasteiger partial charge in [-0.1, -0.05) is 18.2 Å². The lowest BCUT2D eigenvalue weighted by molar-refractivity contribution is 0.0698. The Labute approximate surface area is 101 Å². The Kier molecular flexibility index (Phi) is 2.06. The maximum Gasteiger partial charge on any atom is 0.337 e. The second-order valence-corrected chi connectivity index (χ2v) is 4.92. The van der Waals surface area contributed by atoms with E-state index < -0.39 is 5.97 Å². The number of carboxylic acid groups (broad SMARTS) is 1. The van der Waals surface area contributed by atoms with Crippen LogP contribution >= 0.6 is 11.3 Å². The van der Waals surface area contributed by atoms with Gasteiger partial charge < -0.3 is 10.8 Å². The van der Waals surface area contributed by atoms with E-state index >= 15 is 0 Å². The van der Waals surface area contributed by atoms with E-state index in [4.69, 9.17) is 10.8 Å². The summed E-state index contributed by atoms with van der Waals surface area (Å²) in [4.78, 5) is 11.0. The Morgan fingerprint density at radius 1 is 1.12 bits per heavy atom. The Balaban J connectivity index is 2.46. The summed E-state index contributed by atoms with van der Waals surface area (Å²) in [6, 6.07) is 11.4. The second-order valence-electron chi connectivity index (χ2n) is 3.84. The minimum absolute atomic E-state index is 0.170. The quantitative estimate of drug-likeness (QED) is 0.644. The normalized spacial score (nSPS) is 11.1. The number of carbonyl (C=O) groups is 1. The van der Waals surface area contributed by atoms with Gasteiger partial charge in [-0.25, -0.2) is 4.79 Å². The van der Waals surface area contributed by atoms with Gasteiger partial charge in [0.25, 0.3) is 0 Å². The third-order valence-electron chi connectivity index (χ3n) is 2.78. The molecule has 84 valence electrons. The average Bonchev–Trinajstić information content (AvgIpc) is 2.65. The van der Waals surface area contributed by atoms with Crippen LogP contribution in [-0.2, 0) is 0 Å². The van der Waals surface area contributed by atoms with Gasteiger partial charge in [-0.2, -0.15) is 0 Å². The summed E-state index contributed by atoms with van der Waals surface area (Å²) >= 11 is 1.58. The van der Waals surface area contributed by atoms with E-state index in [1.165, 1.54) is 0 Å². The molecule has 0 fully saturated rings. The number of nitrogen functional groups attached to an aromatic ring is 1. The molecule has 0 spiro atoms. The van der Waals surface area contributed by atoms with E-state index in [0.29, 0.717) is 5.69 Å². The highest BCUT2D eigenvalue weighted by Crippen LogP contribution is 2.36. The van der Waals surface area contributed by atoms with Crippen molar-refractivity contribution in [3.63, 3.8) is 0 Å². The van der Waals surface area contributed by atoms with Crippen LogP contribution in [0.25, 0.3) is 20.2 Å². The fraction of sp³-hybridized carbons (Fsp3) is 0. The molecule has 0 amide bonds. The highest BCUT2D eigenvalue weighted by Gasteiger charge is 2.12. The monoisotopic (exact) mass is 243 g/mol. The van der Waals surface area contributed by atoms with Gasteiger partial charge in [-0.15, -0.1) is 11.3 Å². The van der Waals surface area contributed by atoms with Gasteiger partial charge >= 0.3 is 5.97 Å². The van der Waals surface area contributed by atoms with E-state index in [-0.39, 0.29) is 5.56 Å². The predicted molar refractivity (Wildman–Crippen MR) is 70.7 cm³/mol. The molecule has 0 aliphatic carbocycles. The van der Waals surface area contributed by atoms with Gasteiger partial charge in [-0.3, -0.25) is 0 Å². The molecule has 0 aliphatic rings. The predicted octanol–water partition coefficient (Wildman–Crippen LogP) is 3.33. The number of benzene rings is 2. The number of hydrogen-bond donors (Lipinski definition) is 2. The number of carboxylic acids is 1. The van der Waals surface area contributed by atoms with Crippen molar-refractivity contribution >= 4 is 43.2 Å². The summed E-state index contributed by atoms with van der Waals surface area (Å²) in [6.45, 7) is 0. The van der Waals surface area contributed by atoms with Crippen molar-refractivity contribution in [3.8, 4) is 0 Å². The first-order valence-corrected chi connectivity index (χ1v) is 5.92. The molecule has 0 radical (unpaired) electrons. The molecular weight excluding hydrogens is 234 g/mol. The number of rotatable bonds is 1. The molecule has 0 aliphatic heterocycles. The van der Waals surface area contributed by atoms with Crippen LogP contribution in [0, 0.1) is 0 Å². The van der Waals surface area contributed by atoms with E-state index in [0.717, 1.165) is 20.2 Å². The van der Waals surface area contributed by atoms with Crippen LogP contribution in [0.2, 0.25) is 0 Å². The fourth-order valence-electron chi connectivity index (χ4n) is 1.97. The summed E-state index contributed by atoms with van der Waals surface area (Å²) in [5.41, 5.74) is 6.25. The van der Waals surface area contributed by atoms with Crippen LogP contribution in [0.1, 0.15) is 10.4 Å². The molecule has 4 heteroatoms. The Bertz CT molecular complexity index is 746. The van der Waals surface area contributed by atoms with Crippen LogP contribution in [0.5, 0.6) is 0 Å². The van der Waals surface area contributed by atoms with Crippen LogP contribution < -0.4 is 5.73 Å². The molecule has 1 heterocycles. The Morgan fingerprint density at radius 2 is 1.88 bits per heavy atom. The van der Waals surface area contributed by atoms with Gasteiger partial charge in [0.1, 0.15) is 0 Å². The van der Waals surface area contributed by atoms with Gasteiger partial charge in [0, 0.05) is 25.9 Å². The van der Waals surface area contributed by atoms with E-state index in [2.05, 4.69) is 0 Å². The lowest BCUT2D eigenvalue weighted by Gasteiger charge is -2.00. The first-order valence-electron chi connectivity index (χ1n) is 5.11. The summed E-state index contributed by atoms with van der Waals surface area (Å²) in [5.74, 6) is -0.984. The maximum absolute atomic E-state index is 11.0. The van der Waals surface area contributed by atoms with Crippen LogP contribution in [-0.4, -0.2) is 11.1 Å². The third-order valence-corrected chi connectivity index (χ3v) is 3.91. The van der Waals surface area contributed by atoms with Crippen molar-refractivity contribution in [2.75, 3.05) is 5.73 Å². The van der Waals surface area contributed by atoms with Crippen molar-refractivity contribution < 1.29 is 9.90 Å². The fourth-order valence-corrected chi connectivity index (χ4v) is 3.10. The Morgan fingerprint density at radius 3 is 2.65 bits per heavy atom. The topological polar surface area (TPSA) is 63.3 Å². The van der Waals surface area contributed by atoms with Gasteiger partial charge in [0.2, 0.25) is 0 Å². The minimum Gasteiger partial charge on any atom is -0.478 e. The molecule has 3 aromatic rings. The van der Waals surface area contributed by atoms with Crippen molar-refractivity contribution in [1.82, 2.24) is 0 Å². The zero-order chi connectivity index (χ0) is 12.0. The van der Waals surface area contributed by atoms with Crippen molar-refractivity contribution in [1.29, 1.82) is 0 Å². The first kappa shape index (κ1) is 10.1. The molecule has 3 rings (SSSR count). The van der Waals surface area contributed by atoms with Crippen LogP contribution in [0.4, 0.5) is 5.69 Å². The van der Waals surface area contributed by atoms with Crippen LogP contribution in [0.15, 0.2) is 36.4 Å². The first-order chi connectivity index (χ1) is 8.16. The minimum atomic E-state index is -0.984. The standard InChI is InChI=1S/C13H9NO2S/c14-10-5-8-7-3-1-2-4-11(7)17-12(8)6-9(10)13(15)16/h1-6H,14H2,(H,15,16). The summed E-state index contributed by atoms with van der Waals surface area (Å²) < 4.78 is 2.10. The maximum atomic E-state index is 11.0. The molecule has 0 atom stereocenters. The second kappa shape index (κ2) is 3.46. The SMILES string of the molecule is Nc1cc2c(cc1C(=O)O)sc1ccccc12. The van der Waals surface area contributed by atoms with Gasteiger partial charge in [0.05, 0.1) is 5.56 Å². The van der Waals surface area contributed by atoms with Gasteiger partial charge in [0.15, 0.2) is 0 Å². The molecule has 1 aromatic heterocycles. The van der Waals surface area contributed by atoms with Crippen molar-refractivity contribution in [3.05, 3.63) is 42.0 Å². The molecule has 0 bridgehead atoms. The zero-order valence-corrected chi connectivity index (χ0v) is 9.62. The molecule has 3 nitrogen and oxygen atoms in total. The van der Waals surface area contributed by atoms with E-state index in [9.17, 15) is 4.79 Å². The number of nitrogens with two attached hydrogens (primary N) is 1. The number of thiophene rings is 1. The van der Waals surface area contributed by atoms with E-state index in [1.54, 1.807) is 23.5 Å². The molecule has 3 N–H and O–H groups in total. The number of fused-ring (bicyclic) bond motifs is 3. The molecule has 17 heavy (non-hydrogen) atoms. The lowest BCUT2D eigenvalue weighted by Crippen LogP contribution is -2.01. The van der Waals surface area contributed by atoms with E-state index in [1.807, 2.05) is 24.3 Å². The van der Waals surface area contributed by atoms with Gasteiger partial charge in [-0.05, 0) is 18.2 Å². The molecular formula is C13H9NO2S. The number of hydrogen-bond acceptors (Lipinski definition) is 3. The summed E-state index contributed by atoms with van der Waals surface area (Å²) in [7, 11) is 0. The molecule has 0 saturated heterocycles. The molecule has 0 unspecified atom stereocenters. The van der Waals surface area contributed by atoms with Crippen molar-refractivity contribution in [2.45, 2.75) is 0 Å². The average molecular weight is 243 g/mol. The molecule has 0 saturated carbocycles. The summed E-state index contributed by atoms with van der Waals surface area (Å²) in [5, 5.41) is 11.2. The lowest BCUT2D eigenvalue weighted by atomic mass is 10.1. The number of anilines is 1. The summed E-state index contributed by atoms with van der Waals surface area (Å²) in [6.07, 6.45) is 0. The highest BCUT2D eigenvalue weighted by atomic mass is 32.1. The number of aromatic carboxylic acids is 1. The largest absolute Gasteiger partial charge is 0.478 e. The van der Waals surface area contributed by atoms with Crippen LogP contribution in [0.3, 0.4) is 0 Å². The zero-order valence-electron chi connectivity index (χ0n) is 8.81. The smallest absolute Gasteiger partial charge is 0.337 e. The Hall–Kier alpha value is -2.07. The molecule has 2 aromatic carbocycles.